The average Bonchev–Trinajstić information content (AvgIpc) is 2.63. The van der Waals surface area contributed by atoms with E-state index in [-0.39, 0.29) is 23.8 Å². The van der Waals surface area contributed by atoms with E-state index in [4.69, 9.17) is 5.73 Å². The third kappa shape index (κ3) is 6.18. The Morgan fingerprint density at radius 3 is 2.03 bits per heavy atom. The fourth-order valence-corrected chi connectivity index (χ4v) is 7.58. The number of nitrogens with two attached hydrogens (primary N) is 1. The molecule has 31 heavy (non-hydrogen) atoms. The van der Waals surface area contributed by atoms with Gasteiger partial charge in [0.2, 0.25) is 5.91 Å². The molecule has 4 aliphatic carbocycles. The quantitative estimate of drug-likeness (QED) is 0.276. The lowest BCUT2D eigenvalue weighted by Gasteiger charge is -2.57. The van der Waals surface area contributed by atoms with E-state index in [1.807, 2.05) is 0 Å². The van der Waals surface area contributed by atoms with Crippen LogP contribution in [0.25, 0.3) is 0 Å². The van der Waals surface area contributed by atoms with Gasteiger partial charge in [-0.25, -0.2) is 0 Å². The number of carboxylic acids is 1. The summed E-state index contributed by atoms with van der Waals surface area (Å²) in [6, 6.07) is -2.23. The van der Waals surface area contributed by atoms with Crippen LogP contribution in [0.4, 0.5) is 0 Å². The van der Waals surface area contributed by atoms with Crippen LogP contribution in [0, 0.1) is 23.7 Å². The first-order valence-corrected chi connectivity index (χ1v) is 13.1. The minimum Gasteiger partial charge on any atom is -0.480 e. The summed E-state index contributed by atoms with van der Waals surface area (Å²) in [6.45, 7) is 3.97. The van der Waals surface area contributed by atoms with Gasteiger partial charge in [-0.15, -0.1) is 0 Å². The molecule has 0 heterocycles. The van der Waals surface area contributed by atoms with Crippen molar-refractivity contribution in [1.82, 2.24) is 14.8 Å². The van der Waals surface area contributed by atoms with Crippen molar-refractivity contribution >= 4 is 22.1 Å². The lowest BCUT2D eigenvalue weighted by Crippen LogP contribution is -2.64. The van der Waals surface area contributed by atoms with Gasteiger partial charge >= 0.3 is 5.97 Å². The summed E-state index contributed by atoms with van der Waals surface area (Å²) in [5, 5.41) is 12.6. The Hall–Kier alpha value is -1.23. The predicted molar refractivity (Wildman–Crippen MR) is 117 cm³/mol. The minimum absolute atomic E-state index is 0.138. The third-order valence-electron chi connectivity index (χ3n) is 7.20. The molecule has 4 rings (SSSR count). The fourth-order valence-electron chi connectivity index (χ4n) is 6.21. The molecule has 4 saturated carbocycles. The Bertz CT molecular complexity index is 734. The number of unbranched alkanes of at least 4 members (excludes halogenated alkanes) is 1. The van der Waals surface area contributed by atoms with Crippen molar-refractivity contribution in [2.45, 2.75) is 89.3 Å². The number of carboxylic acid groups (broad SMARTS) is 1. The van der Waals surface area contributed by atoms with Gasteiger partial charge in [-0.2, -0.15) is 17.9 Å². The Kier molecular flexibility index (Phi) is 7.66. The highest BCUT2D eigenvalue weighted by Gasteiger charge is 2.52. The van der Waals surface area contributed by atoms with Crippen LogP contribution >= 0.6 is 0 Å². The van der Waals surface area contributed by atoms with E-state index in [1.54, 1.807) is 13.8 Å². The third-order valence-corrected chi connectivity index (χ3v) is 8.36. The standard InChI is InChI=1S/C21H38N4O5S/c1-13(2)18(25-31(29,30)24-17(20(27)28)5-3-4-6-22)19(26)23-21-10-14-7-15(11-21)9-16(8-14)12-21/h13-18,24-25H,3-12,22H2,1-2H3,(H,23,26)(H,27,28)/t14?,15?,16?,17-,18-,21?/m0/s1. The maximum atomic E-state index is 13.2. The first kappa shape index (κ1) is 24.4. The molecule has 0 aromatic rings. The summed E-state index contributed by atoms with van der Waals surface area (Å²) >= 11 is 0. The van der Waals surface area contributed by atoms with Crippen molar-refractivity contribution in [2.24, 2.45) is 29.4 Å². The van der Waals surface area contributed by atoms with Gasteiger partial charge in [-0.1, -0.05) is 20.3 Å². The van der Waals surface area contributed by atoms with Gasteiger partial charge in [0.05, 0.1) is 0 Å². The monoisotopic (exact) mass is 458 g/mol. The molecular formula is C21H38N4O5S. The molecule has 178 valence electrons. The smallest absolute Gasteiger partial charge is 0.321 e. The van der Waals surface area contributed by atoms with Gasteiger partial charge in [0.25, 0.3) is 10.2 Å². The van der Waals surface area contributed by atoms with Crippen LogP contribution in [-0.4, -0.2) is 49.6 Å². The summed E-state index contributed by atoms with van der Waals surface area (Å²) in [7, 11) is -4.19. The highest BCUT2D eigenvalue weighted by Crippen LogP contribution is 2.55. The lowest BCUT2D eigenvalue weighted by atomic mass is 9.53. The molecule has 2 atom stereocenters. The van der Waals surface area contributed by atoms with Gasteiger partial charge in [-0.3, -0.25) is 9.59 Å². The normalized spacial score (nSPS) is 31.5. The van der Waals surface area contributed by atoms with E-state index in [2.05, 4.69) is 14.8 Å². The topological polar surface area (TPSA) is 151 Å². The summed E-state index contributed by atoms with van der Waals surface area (Å²) < 4.78 is 29.9. The first-order chi connectivity index (χ1) is 14.5. The Morgan fingerprint density at radius 2 is 1.58 bits per heavy atom. The highest BCUT2D eigenvalue weighted by molar-refractivity contribution is 7.87. The van der Waals surface area contributed by atoms with E-state index in [0.29, 0.717) is 37.1 Å². The Morgan fingerprint density at radius 1 is 1.03 bits per heavy atom. The van der Waals surface area contributed by atoms with E-state index in [9.17, 15) is 23.1 Å². The van der Waals surface area contributed by atoms with Gasteiger partial charge in [0.1, 0.15) is 12.1 Å². The summed E-state index contributed by atoms with van der Waals surface area (Å²) in [5.74, 6) is 0.122. The first-order valence-electron chi connectivity index (χ1n) is 11.6. The molecule has 4 bridgehead atoms. The fraction of sp³-hybridized carbons (Fsp3) is 0.905. The molecule has 0 aliphatic heterocycles. The molecule has 0 unspecified atom stereocenters. The van der Waals surface area contributed by atoms with Crippen LogP contribution in [0.5, 0.6) is 0 Å². The second-order valence-electron chi connectivity index (χ2n) is 10.3. The number of amides is 1. The van der Waals surface area contributed by atoms with Crippen LogP contribution in [0.15, 0.2) is 0 Å². The van der Waals surface area contributed by atoms with Crippen LogP contribution in [0.1, 0.15) is 71.6 Å². The molecule has 1 amide bonds. The van der Waals surface area contributed by atoms with Crippen LogP contribution in [-0.2, 0) is 19.8 Å². The molecule has 4 aliphatic rings. The van der Waals surface area contributed by atoms with E-state index >= 15 is 0 Å². The number of carbonyl (C=O) groups excluding carboxylic acids is 1. The number of carbonyl (C=O) groups is 2. The SMILES string of the molecule is CC(C)[C@H](NS(=O)(=O)N[C@@H](CCCCN)C(=O)O)C(=O)NC12CC3CC(CC(C3)C1)C2. The van der Waals surface area contributed by atoms with Crippen molar-refractivity contribution in [3.05, 3.63) is 0 Å². The molecule has 0 aromatic carbocycles. The van der Waals surface area contributed by atoms with Gasteiger partial charge < -0.3 is 16.2 Å². The van der Waals surface area contributed by atoms with Crippen LogP contribution < -0.4 is 20.5 Å². The molecule has 0 spiro atoms. The lowest BCUT2D eigenvalue weighted by molar-refractivity contribution is -0.139. The van der Waals surface area contributed by atoms with E-state index in [1.165, 1.54) is 19.3 Å². The molecule has 10 heteroatoms. The predicted octanol–water partition coefficient (Wildman–Crippen LogP) is 1.10. The molecular weight excluding hydrogens is 420 g/mol. The molecule has 0 aromatic heterocycles. The largest absolute Gasteiger partial charge is 0.480 e. The Balaban J connectivity index is 1.64. The zero-order valence-electron chi connectivity index (χ0n) is 18.6. The molecule has 0 saturated heterocycles. The zero-order valence-corrected chi connectivity index (χ0v) is 19.4. The highest BCUT2D eigenvalue weighted by atomic mass is 32.2. The number of aliphatic carboxylic acids is 1. The summed E-state index contributed by atoms with van der Waals surface area (Å²) in [6.07, 6.45) is 7.92. The van der Waals surface area contributed by atoms with Crippen molar-refractivity contribution in [1.29, 1.82) is 0 Å². The number of rotatable bonds is 12. The van der Waals surface area contributed by atoms with Crippen LogP contribution in [0.2, 0.25) is 0 Å². The number of hydrogen-bond acceptors (Lipinski definition) is 5. The maximum absolute atomic E-state index is 13.2. The second kappa shape index (κ2) is 9.72. The molecule has 4 fully saturated rings. The minimum atomic E-state index is -4.19. The van der Waals surface area contributed by atoms with Crippen molar-refractivity contribution < 1.29 is 23.1 Å². The van der Waals surface area contributed by atoms with Gasteiger partial charge in [0, 0.05) is 5.54 Å². The van der Waals surface area contributed by atoms with Crippen molar-refractivity contribution in [3.63, 3.8) is 0 Å². The maximum Gasteiger partial charge on any atom is 0.321 e. The van der Waals surface area contributed by atoms with E-state index in [0.717, 1.165) is 19.3 Å². The average molecular weight is 459 g/mol. The zero-order chi connectivity index (χ0) is 22.8. The van der Waals surface area contributed by atoms with Gasteiger partial charge in [-0.05, 0) is 81.6 Å². The molecule has 0 radical (unpaired) electrons. The second-order valence-corrected chi connectivity index (χ2v) is 11.8. The molecule has 6 N–H and O–H groups in total. The Labute approximate surface area is 185 Å². The summed E-state index contributed by atoms with van der Waals surface area (Å²) in [5.41, 5.74) is 5.21. The number of nitrogens with one attached hydrogen (secondary N) is 3. The van der Waals surface area contributed by atoms with Crippen molar-refractivity contribution in [3.8, 4) is 0 Å². The number of hydrogen-bond donors (Lipinski definition) is 5. The van der Waals surface area contributed by atoms with Gasteiger partial charge in [0.15, 0.2) is 0 Å². The van der Waals surface area contributed by atoms with Crippen molar-refractivity contribution in [2.75, 3.05) is 6.54 Å². The summed E-state index contributed by atoms with van der Waals surface area (Å²) in [4.78, 5) is 24.7. The molecule has 9 nitrogen and oxygen atoms in total. The van der Waals surface area contributed by atoms with Crippen LogP contribution in [0.3, 0.4) is 0 Å². The van der Waals surface area contributed by atoms with E-state index < -0.39 is 28.3 Å².